The van der Waals surface area contributed by atoms with Gasteiger partial charge in [0.05, 0.1) is 10.3 Å². The molecule has 0 aliphatic rings. The zero-order chi connectivity index (χ0) is 16.0. The second-order valence-electron chi connectivity index (χ2n) is 4.76. The van der Waals surface area contributed by atoms with Crippen LogP contribution in [0, 0.1) is 16.0 Å². The zero-order valence-corrected chi connectivity index (χ0v) is 14.3. The van der Waals surface area contributed by atoms with Crippen molar-refractivity contribution in [2.24, 2.45) is 5.92 Å². The number of non-ortho nitro benzene ring substituents is 1. The van der Waals surface area contributed by atoms with E-state index in [9.17, 15) is 14.9 Å². The first-order valence-electron chi connectivity index (χ1n) is 6.76. The lowest BCUT2D eigenvalue weighted by Crippen LogP contribution is -2.33. The lowest BCUT2D eigenvalue weighted by atomic mass is 9.99. The molecule has 0 heterocycles. The van der Waals surface area contributed by atoms with Gasteiger partial charge in [-0.25, -0.2) is 0 Å². The lowest BCUT2D eigenvalue weighted by Gasteiger charge is -2.19. The number of carbonyl (C=O) groups is 1. The van der Waals surface area contributed by atoms with Crippen LogP contribution in [0.3, 0.4) is 0 Å². The molecular weight excluding hydrogens is 360 g/mol. The predicted octanol–water partition coefficient (Wildman–Crippen LogP) is 4.13. The number of nitrogens with one attached hydrogen (secondary N) is 1. The molecule has 1 aromatic rings. The van der Waals surface area contributed by atoms with Crippen LogP contribution in [0.1, 0.15) is 37.0 Å². The Balaban J connectivity index is 2.74. The van der Waals surface area contributed by atoms with E-state index in [1.807, 2.05) is 0 Å². The average Bonchev–Trinajstić information content (AvgIpc) is 2.45. The van der Waals surface area contributed by atoms with Gasteiger partial charge in [-0.15, -0.1) is 11.6 Å². The van der Waals surface area contributed by atoms with Crippen LogP contribution in [0.15, 0.2) is 22.7 Å². The third kappa shape index (κ3) is 5.28. The standard InChI is InChI=1S/C14H18BrClN2O3/c1-3-9(4-2)13(16)8-17-14(19)10-5-11(15)7-12(6-10)18(20)21/h5-7,9,13H,3-4,8H2,1-2H3,(H,17,19). The zero-order valence-electron chi connectivity index (χ0n) is 11.9. The molecule has 7 heteroatoms. The summed E-state index contributed by atoms with van der Waals surface area (Å²) in [4.78, 5) is 22.3. The number of amides is 1. The molecule has 0 aliphatic heterocycles. The van der Waals surface area contributed by atoms with E-state index < -0.39 is 4.92 Å². The topological polar surface area (TPSA) is 72.2 Å². The summed E-state index contributed by atoms with van der Waals surface area (Å²) in [6.45, 7) is 4.46. The minimum atomic E-state index is -0.532. The summed E-state index contributed by atoms with van der Waals surface area (Å²) in [7, 11) is 0. The summed E-state index contributed by atoms with van der Waals surface area (Å²) in [5.41, 5.74) is 0.112. The van der Waals surface area contributed by atoms with Crippen molar-refractivity contribution in [3.63, 3.8) is 0 Å². The van der Waals surface area contributed by atoms with Gasteiger partial charge >= 0.3 is 0 Å². The number of nitrogens with zero attached hydrogens (tertiary/aromatic N) is 1. The van der Waals surface area contributed by atoms with Gasteiger partial charge in [-0.2, -0.15) is 0 Å². The second-order valence-corrected chi connectivity index (χ2v) is 6.23. The maximum Gasteiger partial charge on any atom is 0.271 e. The maximum atomic E-state index is 12.1. The summed E-state index contributed by atoms with van der Waals surface area (Å²) < 4.78 is 0.490. The molecule has 0 saturated carbocycles. The van der Waals surface area contributed by atoms with Crippen LogP contribution < -0.4 is 5.32 Å². The number of nitro groups is 1. The van der Waals surface area contributed by atoms with E-state index in [-0.39, 0.29) is 22.5 Å². The molecule has 0 fully saturated rings. The first-order valence-corrected chi connectivity index (χ1v) is 7.99. The fourth-order valence-corrected chi connectivity index (χ4v) is 2.98. The molecule has 1 aromatic carbocycles. The highest BCUT2D eigenvalue weighted by Crippen LogP contribution is 2.22. The Hall–Kier alpha value is -1.14. The summed E-state index contributed by atoms with van der Waals surface area (Å²) >= 11 is 9.42. The van der Waals surface area contributed by atoms with Gasteiger partial charge in [-0.1, -0.05) is 42.6 Å². The smallest absolute Gasteiger partial charge is 0.271 e. The Kier molecular flexibility index (Phi) is 7.11. The molecule has 1 N–H and O–H groups in total. The number of alkyl halides is 1. The third-order valence-electron chi connectivity index (χ3n) is 3.37. The van der Waals surface area contributed by atoms with Gasteiger partial charge in [0.2, 0.25) is 0 Å². The van der Waals surface area contributed by atoms with Crippen LogP contribution in [0.5, 0.6) is 0 Å². The normalized spacial score (nSPS) is 12.2. The van der Waals surface area contributed by atoms with Crippen molar-refractivity contribution in [1.82, 2.24) is 5.32 Å². The molecule has 0 aliphatic carbocycles. The largest absolute Gasteiger partial charge is 0.351 e. The monoisotopic (exact) mass is 376 g/mol. The SMILES string of the molecule is CCC(CC)C(Cl)CNC(=O)c1cc(Br)cc([N+](=O)[O-])c1. The van der Waals surface area contributed by atoms with Crippen molar-refractivity contribution in [3.8, 4) is 0 Å². The van der Waals surface area contributed by atoms with Gasteiger partial charge in [-0.3, -0.25) is 14.9 Å². The first-order chi connectivity index (χ1) is 9.88. The van der Waals surface area contributed by atoms with Crippen molar-refractivity contribution < 1.29 is 9.72 Å². The van der Waals surface area contributed by atoms with Crippen LogP contribution in [0.4, 0.5) is 5.69 Å². The molecule has 21 heavy (non-hydrogen) atoms. The van der Waals surface area contributed by atoms with Gasteiger partial charge in [0, 0.05) is 28.7 Å². The predicted molar refractivity (Wildman–Crippen MR) is 86.8 cm³/mol. The van der Waals surface area contributed by atoms with E-state index in [1.54, 1.807) is 6.07 Å². The Labute approximate surface area is 137 Å². The molecule has 0 bridgehead atoms. The number of benzene rings is 1. The number of nitro benzene ring substituents is 1. The van der Waals surface area contributed by atoms with Crippen LogP contribution >= 0.6 is 27.5 Å². The molecule has 1 atom stereocenters. The number of hydrogen-bond donors (Lipinski definition) is 1. The second kappa shape index (κ2) is 8.34. The van der Waals surface area contributed by atoms with E-state index in [1.165, 1.54) is 12.1 Å². The Bertz CT molecular complexity index is 521. The molecule has 116 valence electrons. The summed E-state index contributed by atoms with van der Waals surface area (Å²) in [6, 6.07) is 4.15. The number of rotatable bonds is 7. The van der Waals surface area contributed by atoms with Gasteiger partial charge in [0.15, 0.2) is 0 Å². The van der Waals surface area contributed by atoms with E-state index in [0.717, 1.165) is 12.8 Å². The molecule has 0 spiro atoms. The molecule has 0 radical (unpaired) electrons. The summed E-state index contributed by atoms with van der Waals surface area (Å²) in [5.74, 6) is -0.0279. The van der Waals surface area contributed by atoms with Crippen molar-refractivity contribution in [2.75, 3.05) is 6.54 Å². The first kappa shape index (κ1) is 17.9. The Morgan fingerprint density at radius 3 is 2.52 bits per heavy atom. The van der Waals surface area contributed by atoms with Crippen molar-refractivity contribution >= 4 is 39.1 Å². The van der Waals surface area contributed by atoms with Crippen LogP contribution in [-0.4, -0.2) is 22.8 Å². The molecule has 5 nitrogen and oxygen atoms in total. The van der Waals surface area contributed by atoms with Crippen molar-refractivity contribution in [1.29, 1.82) is 0 Å². The van der Waals surface area contributed by atoms with Gasteiger partial charge < -0.3 is 5.32 Å². The van der Waals surface area contributed by atoms with Crippen molar-refractivity contribution in [3.05, 3.63) is 38.3 Å². The van der Waals surface area contributed by atoms with Gasteiger partial charge in [0.25, 0.3) is 11.6 Å². The summed E-state index contributed by atoms with van der Waals surface area (Å²) in [5, 5.41) is 13.4. The van der Waals surface area contributed by atoms with E-state index >= 15 is 0 Å². The fraction of sp³-hybridized carbons (Fsp3) is 0.500. The average molecular weight is 378 g/mol. The van der Waals surface area contributed by atoms with Gasteiger partial charge in [0.1, 0.15) is 0 Å². The van der Waals surface area contributed by atoms with Crippen molar-refractivity contribution in [2.45, 2.75) is 32.1 Å². The minimum Gasteiger partial charge on any atom is -0.351 e. The Morgan fingerprint density at radius 1 is 1.38 bits per heavy atom. The van der Waals surface area contributed by atoms with E-state index in [0.29, 0.717) is 16.9 Å². The number of halogens is 2. The maximum absolute atomic E-state index is 12.1. The Morgan fingerprint density at radius 2 is 2.00 bits per heavy atom. The van der Waals surface area contributed by atoms with E-state index in [2.05, 4.69) is 35.1 Å². The minimum absolute atomic E-state index is 0.128. The molecule has 1 amide bonds. The summed E-state index contributed by atoms with van der Waals surface area (Å²) in [6.07, 6.45) is 1.89. The third-order valence-corrected chi connectivity index (χ3v) is 4.34. The molecule has 1 rings (SSSR count). The van der Waals surface area contributed by atoms with Crippen LogP contribution in [0.2, 0.25) is 0 Å². The molecule has 0 aromatic heterocycles. The number of carbonyl (C=O) groups excluding carboxylic acids is 1. The van der Waals surface area contributed by atoms with Crippen LogP contribution in [0.25, 0.3) is 0 Å². The molecular formula is C14H18BrClN2O3. The highest BCUT2D eigenvalue weighted by atomic mass is 79.9. The fourth-order valence-electron chi connectivity index (χ4n) is 2.07. The quantitative estimate of drug-likeness (QED) is 0.441. The van der Waals surface area contributed by atoms with Crippen LogP contribution in [-0.2, 0) is 0 Å². The highest BCUT2D eigenvalue weighted by molar-refractivity contribution is 9.10. The molecule has 0 saturated heterocycles. The van der Waals surface area contributed by atoms with E-state index in [4.69, 9.17) is 11.6 Å². The highest BCUT2D eigenvalue weighted by Gasteiger charge is 2.18. The lowest BCUT2D eigenvalue weighted by molar-refractivity contribution is -0.385. The van der Waals surface area contributed by atoms with Gasteiger partial charge in [-0.05, 0) is 12.0 Å². The molecule has 1 unspecified atom stereocenters. The number of hydrogen-bond acceptors (Lipinski definition) is 3.